The number of hydrogen-bond acceptors (Lipinski definition) is 4. The number of aliphatic carboxylic acids is 1. The normalized spacial score (nSPS) is 12.1. The van der Waals surface area contributed by atoms with Gasteiger partial charge in [-0.15, -0.1) is 0 Å². The highest BCUT2D eigenvalue weighted by molar-refractivity contribution is 5.80. The number of carboxylic acids is 1. The van der Waals surface area contributed by atoms with Crippen LogP contribution in [0.2, 0.25) is 0 Å². The van der Waals surface area contributed by atoms with Crippen LogP contribution in [0.25, 0.3) is 0 Å². The fourth-order valence-corrected chi connectivity index (χ4v) is 2.35. The Bertz CT molecular complexity index is 797. The summed E-state index contributed by atoms with van der Waals surface area (Å²) in [5, 5.41) is 11.7. The first-order valence-corrected chi connectivity index (χ1v) is 8.81. The van der Waals surface area contributed by atoms with Crippen LogP contribution in [0.3, 0.4) is 0 Å². The Morgan fingerprint density at radius 1 is 1.04 bits per heavy atom. The van der Waals surface area contributed by atoms with Gasteiger partial charge in [0.2, 0.25) is 0 Å². The summed E-state index contributed by atoms with van der Waals surface area (Å²) in [5.74, 6) is -0.858. The molecule has 2 aromatic rings. The summed E-state index contributed by atoms with van der Waals surface area (Å²) in [5.41, 5.74) is 0.840. The van der Waals surface area contributed by atoms with Crippen LogP contribution in [0.4, 0.5) is 9.18 Å². The average molecular weight is 389 g/mol. The highest BCUT2D eigenvalue weighted by atomic mass is 19.1. The highest BCUT2D eigenvalue weighted by Gasteiger charge is 2.24. The van der Waals surface area contributed by atoms with E-state index in [0.717, 1.165) is 11.1 Å². The summed E-state index contributed by atoms with van der Waals surface area (Å²) in [6.07, 6.45) is -0.675. The molecule has 0 bridgehead atoms. The molecule has 1 amide bonds. The molecule has 1 atom stereocenters. The van der Waals surface area contributed by atoms with Gasteiger partial charge in [0.1, 0.15) is 29.8 Å². The summed E-state index contributed by atoms with van der Waals surface area (Å²) >= 11 is 0. The van der Waals surface area contributed by atoms with Gasteiger partial charge in [0.05, 0.1) is 0 Å². The zero-order chi connectivity index (χ0) is 20.7. The van der Waals surface area contributed by atoms with Gasteiger partial charge >= 0.3 is 12.1 Å². The topological polar surface area (TPSA) is 84.9 Å². The molecule has 1 unspecified atom stereocenters. The SMILES string of the molecule is CC(C)(C)OC(=O)NC(Cc1ccc(OCc2ccc(F)cc2)cc1)C(=O)O. The molecule has 7 heteroatoms. The number of carbonyl (C=O) groups excluding carboxylic acids is 1. The predicted molar refractivity (Wildman–Crippen MR) is 102 cm³/mol. The van der Waals surface area contributed by atoms with Gasteiger partial charge in [0.15, 0.2) is 0 Å². The molecule has 6 nitrogen and oxygen atoms in total. The molecule has 0 saturated heterocycles. The van der Waals surface area contributed by atoms with Crippen LogP contribution in [0, 0.1) is 5.82 Å². The van der Waals surface area contributed by atoms with Gasteiger partial charge < -0.3 is 19.9 Å². The number of nitrogens with one attached hydrogen (secondary N) is 1. The summed E-state index contributed by atoms with van der Waals surface area (Å²) in [6.45, 7) is 5.39. The van der Waals surface area contributed by atoms with Crippen molar-refractivity contribution in [2.75, 3.05) is 0 Å². The number of alkyl carbamates (subject to hydrolysis) is 1. The van der Waals surface area contributed by atoms with E-state index in [9.17, 15) is 19.1 Å². The lowest BCUT2D eigenvalue weighted by molar-refractivity contribution is -0.139. The maximum Gasteiger partial charge on any atom is 0.408 e. The molecule has 0 aliphatic rings. The molecule has 0 aromatic heterocycles. The molecule has 0 saturated carbocycles. The third-order valence-electron chi connectivity index (χ3n) is 3.67. The molecule has 0 radical (unpaired) electrons. The van der Waals surface area contributed by atoms with Gasteiger partial charge in [-0.2, -0.15) is 0 Å². The van der Waals surface area contributed by atoms with Gasteiger partial charge in [-0.3, -0.25) is 0 Å². The molecule has 0 aliphatic carbocycles. The van der Waals surface area contributed by atoms with E-state index in [0.29, 0.717) is 5.75 Å². The minimum absolute atomic E-state index is 0.104. The number of benzene rings is 2. The Morgan fingerprint density at radius 3 is 2.14 bits per heavy atom. The quantitative estimate of drug-likeness (QED) is 0.750. The summed E-state index contributed by atoms with van der Waals surface area (Å²) in [4.78, 5) is 23.3. The zero-order valence-electron chi connectivity index (χ0n) is 16.1. The Hall–Kier alpha value is -3.09. The average Bonchev–Trinajstić information content (AvgIpc) is 2.60. The van der Waals surface area contributed by atoms with Crippen LogP contribution in [0.5, 0.6) is 5.75 Å². The lowest BCUT2D eigenvalue weighted by atomic mass is 10.1. The Labute approximate surface area is 163 Å². The van der Waals surface area contributed by atoms with Crippen LogP contribution >= 0.6 is 0 Å². The second-order valence-electron chi connectivity index (χ2n) is 7.30. The Balaban J connectivity index is 1.92. The first-order chi connectivity index (χ1) is 13.1. The molecule has 0 heterocycles. The number of hydrogen-bond donors (Lipinski definition) is 2. The first kappa shape index (κ1) is 21.2. The third-order valence-corrected chi connectivity index (χ3v) is 3.67. The van der Waals surface area contributed by atoms with Crippen molar-refractivity contribution in [1.82, 2.24) is 5.32 Å². The van der Waals surface area contributed by atoms with E-state index in [1.807, 2.05) is 0 Å². The lowest BCUT2D eigenvalue weighted by Crippen LogP contribution is -2.44. The molecular formula is C21H24FNO5. The zero-order valence-corrected chi connectivity index (χ0v) is 16.1. The smallest absolute Gasteiger partial charge is 0.408 e. The van der Waals surface area contributed by atoms with Gasteiger partial charge in [-0.05, 0) is 56.2 Å². The first-order valence-electron chi connectivity index (χ1n) is 8.81. The summed E-state index contributed by atoms with van der Waals surface area (Å²) in [6, 6.07) is 11.8. The molecule has 0 aliphatic heterocycles. The number of amides is 1. The van der Waals surface area contributed by atoms with Crippen LogP contribution in [0.15, 0.2) is 48.5 Å². The van der Waals surface area contributed by atoms with E-state index in [1.54, 1.807) is 57.2 Å². The lowest BCUT2D eigenvalue weighted by Gasteiger charge is -2.22. The second-order valence-corrected chi connectivity index (χ2v) is 7.30. The van der Waals surface area contributed by atoms with Crippen molar-refractivity contribution >= 4 is 12.1 Å². The summed E-state index contributed by atoms with van der Waals surface area (Å²) in [7, 11) is 0. The van der Waals surface area contributed by atoms with Crippen molar-refractivity contribution in [3.63, 3.8) is 0 Å². The minimum atomic E-state index is -1.15. The van der Waals surface area contributed by atoms with Crippen LogP contribution in [0.1, 0.15) is 31.9 Å². The number of ether oxygens (including phenoxy) is 2. The van der Waals surface area contributed by atoms with Gasteiger partial charge in [0.25, 0.3) is 0 Å². The van der Waals surface area contributed by atoms with Crippen molar-refractivity contribution in [2.45, 2.75) is 45.4 Å². The van der Waals surface area contributed by atoms with Gasteiger partial charge in [-0.1, -0.05) is 24.3 Å². The van der Waals surface area contributed by atoms with E-state index in [-0.39, 0.29) is 18.8 Å². The predicted octanol–water partition coefficient (Wildman–Crippen LogP) is 3.93. The number of rotatable bonds is 7. The molecule has 2 aromatic carbocycles. The van der Waals surface area contributed by atoms with E-state index in [2.05, 4.69) is 5.32 Å². The molecule has 0 fully saturated rings. The fraction of sp³-hybridized carbons (Fsp3) is 0.333. The number of carboxylic acid groups (broad SMARTS) is 1. The maximum absolute atomic E-state index is 12.9. The van der Waals surface area contributed by atoms with E-state index < -0.39 is 23.7 Å². The van der Waals surface area contributed by atoms with Gasteiger partial charge in [-0.25, -0.2) is 14.0 Å². The highest BCUT2D eigenvalue weighted by Crippen LogP contribution is 2.16. The van der Waals surface area contributed by atoms with Crippen molar-refractivity contribution in [1.29, 1.82) is 0 Å². The fourth-order valence-electron chi connectivity index (χ4n) is 2.35. The third kappa shape index (κ3) is 7.26. The van der Waals surface area contributed by atoms with Crippen LogP contribution < -0.4 is 10.1 Å². The van der Waals surface area contributed by atoms with E-state index in [4.69, 9.17) is 9.47 Å². The molecule has 150 valence electrons. The van der Waals surface area contributed by atoms with Crippen molar-refractivity contribution < 1.29 is 28.6 Å². The summed E-state index contributed by atoms with van der Waals surface area (Å²) < 4.78 is 23.6. The molecule has 0 spiro atoms. The van der Waals surface area contributed by atoms with E-state index >= 15 is 0 Å². The molecule has 2 N–H and O–H groups in total. The number of halogens is 1. The van der Waals surface area contributed by atoms with Crippen molar-refractivity contribution in [3.05, 3.63) is 65.5 Å². The second kappa shape index (κ2) is 9.21. The van der Waals surface area contributed by atoms with Crippen molar-refractivity contribution in [3.8, 4) is 5.75 Å². The molecule has 2 rings (SSSR count). The standard InChI is InChI=1S/C21H24FNO5/c1-21(2,3)28-20(26)23-18(19(24)25)12-14-6-10-17(11-7-14)27-13-15-4-8-16(22)9-5-15/h4-11,18H,12-13H2,1-3H3,(H,23,26)(H,24,25). The van der Waals surface area contributed by atoms with E-state index in [1.165, 1.54) is 12.1 Å². The maximum atomic E-state index is 12.9. The van der Waals surface area contributed by atoms with Gasteiger partial charge in [0, 0.05) is 6.42 Å². The van der Waals surface area contributed by atoms with Crippen LogP contribution in [-0.2, 0) is 22.6 Å². The van der Waals surface area contributed by atoms with Crippen LogP contribution in [-0.4, -0.2) is 28.8 Å². The monoisotopic (exact) mass is 389 g/mol. The molecular weight excluding hydrogens is 365 g/mol. The number of carbonyl (C=O) groups is 2. The molecule has 28 heavy (non-hydrogen) atoms. The Morgan fingerprint density at radius 2 is 1.61 bits per heavy atom. The Kier molecular flexibility index (Phi) is 6.98. The largest absolute Gasteiger partial charge is 0.489 e. The minimum Gasteiger partial charge on any atom is -0.489 e. The van der Waals surface area contributed by atoms with Crippen molar-refractivity contribution in [2.24, 2.45) is 0 Å².